The number of hydrogen-bond acceptors (Lipinski definition) is 1. The van der Waals surface area contributed by atoms with Crippen molar-refractivity contribution in [2.24, 2.45) is 17.8 Å². The van der Waals surface area contributed by atoms with E-state index in [9.17, 15) is 0 Å². The maximum atomic E-state index is 8.70. The Morgan fingerprint density at radius 2 is 2.09 bits per heavy atom. The van der Waals surface area contributed by atoms with Crippen LogP contribution in [-0.2, 0) is 0 Å². The van der Waals surface area contributed by atoms with Crippen LogP contribution in [0.1, 0.15) is 38.5 Å². The normalized spacial score (nSPS) is 41.7. The average Bonchev–Trinajstić information content (AvgIpc) is 2.60. The van der Waals surface area contributed by atoms with E-state index in [-0.39, 0.29) is 0 Å². The molecule has 2 saturated carbocycles. The van der Waals surface area contributed by atoms with Crippen molar-refractivity contribution in [3.63, 3.8) is 0 Å². The third-order valence-corrected chi connectivity index (χ3v) is 3.62. The molecular formula is C10H18O. The van der Waals surface area contributed by atoms with E-state index >= 15 is 0 Å². The summed E-state index contributed by atoms with van der Waals surface area (Å²) >= 11 is 0. The molecule has 0 saturated heterocycles. The van der Waals surface area contributed by atoms with Crippen LogP contribution in [0.15, 0.2) is 0 Å². The predicted octanol–water partition coefficient (Wildman–Crippen LogP) is 2.20. The highest BCUT2D eigenvalue weighted by Crippen LogP contribution is 2.49. The van der Waals surface area contributed by atoms with Crippen LogP contribution in [0.5, 0.6) is 0 Å². The zero-order chi connectivity index (χ0) is 7.68. The van der Waals surface area contributed by atoms with Gasteiger partial charge in [0.05, 0.1) is 0 Å². The summed E-state index contributed by atoms with van der Waals surface area (Å²) in [5, 5.41) is 8.70. The van der Waals surface area contributed by atoms with Crippen LogP contribution >= 0.6 is 0 Å². The zero-order valence-electron chi connectivity index (χ0n) is 7.13. The fourth-order valence-corrected chi connectivity index (χ4v) is 3.08. The first-order valence-corrected chi connectivity index (χ1v) is 5.01. The minimum Gasteiger partial charge on any atom is -0.396 e. The molecule has 0 aromatic carbocycles. The van der Waals surface area contributed by atoms with E-state index in [0.717, 1.165) is 24.2 Å². The van der Waals surface area contributed by atoms with Crippen molar-refractivity contribution in [1.29, 1.82) is 0 Å². The molecule has 0 aromatic rings. The van der Waals surface area contributed by atoms with E-state index in [1.165, 1.54) is 32.1 Å². The minimum atomic E-state index is 0.397. The van der Waals surface area contributed by atoms with Crippen LogP contribution in [0.3, 0.4) is 0 Å². The quantitative estimate of drug-likeness (QED) is 0.660. The molecule has 11 heavy (non-hydrogen) atoms. The van der Waals surface area contributed by atoms with Crippen LogP contribution in [0.25, 0.3) is 0 Å². The molecule has 2 rings (SSSR count). The van der Waals surface area contributed by atoms with Crippen molar-refractivity contribution < 1.29 is 5.11 Å². The molecule has 0 aromatic heterocycles. The van der Waals surface area contributed by atoms with Gasteiger partial charge in [-0.3, -0.25) is 0 Å². The topological polar surface area (TPSA) is 20.2 Å². The summed E-state index contributed by atoms with van der Waals surface area (Å²) in [6.07, 6.45) is 8.30. The maximum absolute atomic E-state index is 8.70. The summed E-state index contributed by atoms with van der Waals surface area (Å²) in [5.74, 6) is 3.11. The van der Waals surface area contributed by atoms with E-state index < -0.39 is 0 Å². The fraction of sp³-hybridized carbons (Fsp3) is 1.00. The van der Waals surface area contributed by atoms with Gasteiger partial charge in [0.25, 0.3) is 0 Å². The molecular weight excluding hydrogens is 136 g/mol. The monoisotopic (exact) mass is 154 g/mol. The largest absolute Gasteiger partial charge is 0.396 e. The summed E-state index contributed by atoms with van der Waals surface area (Å²) in [6.45, 7) is 0.397. The third-order valence-electron chi connectivity index (χ3n) is 3.62. The van der Waals surface area contributed by atoms with Gasteiger partial charge in [0.1, 0.15) is 0 Å². The number of fused-ring (bicyclic) bond motifs is 2. The maximum Gasteiger partial charge on any atom is 0.0431 e. The first-order valence-electron chi connectivity index (χ1n) is 5.01. The lowest BCUT2D eigenvalue weighted by atomic mass is 9.86. The molecule has 0 spiro atoms. The van der Waals surface area contributed by atoms with E-state index in [1.807, 2.05) is 0 Å². The first kappa shape index (κ1) is 7.60. The summed E-state index contributed by atoms with van der Waals surface area (Å²) in [7, 11) is 0. The van der Waals surface area contributed by atoms with E-state index in [2.05, 4.69) is 0 Å². The predicted molar refractivity (Wildman–Crippen MR) is 45.3 cm³/mol. The molecule has 2 aliphatic rings. The first-order chi connectivity index (χ1) is 5.40. The van der Waals surface area contributed by atoms with Gasteiger partial charge in [-0.05, 0) is 49.9 Å². The molecule has 1 heteroatoms. The minimum absolute atomic E-state index is 0.397. The van der Waals surface area contributed by atoms with Gasteiger partial charge in [-0.1, -0.05) is 6.42 Å². The Labute approximate surface area is 68.8 Å². The van der Waals surface area contributed by atoms with Crippen LogP contribution in [0.4, 0.5) is 0 Å². The van der Waals surface area contributed by atoms with Crippen molar-refractivity contribution in [3.05, 3.63) is 0 Å². The van der Waals surface area contributed by atoms with Gasteiger partial charge in [-0.25, -0.2) is 0 Å². The Morgan fingerprint density at radius 1 is 1.18 bits per heavy atom. The average molecular weight is 154 g/mol. The van der Waals surface area contributed by atoms with Crippen LogP contribution in [0, 0.1) is 17.8 Å². The highest BCUT2D eigenvalue weighted by atomic mass is 16.2. The van der Waals surface area contributed by atoms with Crippen molar-refractivity contribution in [3.8, 4) is 0 Å². The van der Waals surface area contributed by atoms with Crippen LogP contribution in [0.2, 0.25) is 0 Å². The van der Waals surface area contributed by atoms with E-state index in [4.69, 9.17) is 5.11 Å². The lowest BCUT2D eigenvalue weighted by molar-refractivity contribution is 0.245. The molecule has 0 radical (unpaired) electrons. The molecule has 1 nitrogen and oxygen atoms in total. The van der Waals surface area contributed by atoms with E-state index in [0.29, 0.717) is 6.61 Å². The Bertz CT molecular complexity index is 133. The SMILES string of the molecule is OCCC[C@@H]1C[C@H]2CC[C@@H]1C2. The Kier molecular flexibility index (Phi) is 2.17. The lowest BCUT2D eigenvalue weighted by Crippen LogP contribution is -2.10. The van der Waals surface area contributed by atoms with Gasteiger partial charge in [0.2, 0.25) is 0 Å². The zero-order valence-corrected chi connectivity index (χ0v) is 7.13. The van der Waals surface area contributed by atoms with Gasteiger partial charge in [-0.2, -0.15) is 0 Å². The fourth-order valence-electron chi connectivity index (χ4n) is 3.08. The number of hydrogen-bond donors (Lipinski definition) is 1. The van der Waals surface area contributed by atoms with Crippen molar-refractivity contribution in [1.82, 2.24) is 0 Å². The molecule has 64 valence electrons. The van der Waals surface area contributed by atoms with Crippen molar-refractivity contribution in [2.45, 2.75) is 38.5 Å². The molecule has 1 N–H and O–H groups in total. The Morgan fingerprint density at radius 3 is 2.64 bits per heavy atom. The summed E-state index contributed by atoms with van der Waals surface area (Å²) in [5.41, 5.74) is 0. The smallest absolute Gasteiger partial charge is 0.0431 e. The van der Waals surface area contributed by atoms with Gasteiger partial charge < -0.3 is 5.11 Å². The standard InChI is InChI=1S/C10H18O/c11-5-1-2-9-6-8-3-4-10(9)7-8/h8-11H,1-7H2/t8-,9-,10-/m1/s1. The molecule has 0 amide bonds. The molecule has 0 unspecified atom stereocenters. The van der Waals surface area contributed by atoms with Gasteiger partial charge in [0, 0.05) is 6.61 Å². The van der Waals surface area contributed by atoms with Crippen LogP contribution < -0.4 is 0 Å². The molecule has 3 atom stereocenters. The highest BCUT2D eigenvalue weighted by Gasteiger charge is 2.38. The highest BCUT2D eigenvalue weighted by molar-refractivity contribution is 4.89. The third kappa shape index (κ3) is 1.44. The van der Waals surface area contributed by atoms with Gasteiger partial charge >= 0.3 is 0 Å². The molecule has 2 aliphatic carbocycles. The molecule has 2 fully saturated rings. The van der Waals surface area contributed by atoms with Gasteiger partial charge in [0.15, 0.2) is 0 Å². The Hall–Kier alpha value is -0.0400. The lowest BCUT2D eigenvalue weighted by Gasteiger charge is -2.20. The second-order valence-electron chi connectivity index (χ2n) is 4.30. The number of aliphatic hydroxyl groups is 1. The second-order valence-corrected chi connectivity index (χ2v) is 4.30. The summed E-state index contributed by atoms with van der Waals surface area (Å²) < 4.78 is 0. The molecule has 0 aliphatic heterocycles. The summed E-state index contributed by atoms with van der Waals surface area (Å²) in [4.78, 5) is 0. The van der Waals surface area contributed by atoms with Crippen molar-refractivity contribution >= 4 is 0 Å². The number of rotatable bonds is 3. The second kappa shape index (κ2) is 3.14. The molecule has 2 bridgehead atoms. The van der Waals surface area contributed by atoms with Gasteiger partial charge in [-0.15, -0.1) is 0 Å². The Balaban J connectivity index is 1.78. The van der Waals surface area contributed by atoms with Crippen molar-refractivity contribution in [2.75, 3.05) is 6.61 Å². The van der Waals surface area contributed by atoms with Crippen LogP contribution in [-0.4, -0.2) is 11.7 Å². The molecule has 0 heterocycles. The summed E-state index contributed by atoms with van der Waals surface area (Å²) in [6, 6.07) is 0. The number of aliphatic hydroxyl groups excluding tert-OH is 1. The van der Waals surface area contributed by atoms with E-state index in [1.54, 1.807) is 0 Å².